The molecule has 0 amide bonds. The minimum Gasteiger partial charge on any atom is -0.508 e. The van der Waals surface area contributed by atoms with E-state index in [4.69, 9.17) is 5.73 Å². The Hall–Kier alpha value is -4.28. The molecule has 3 fully saturated rings. The Bertz CT molecular complexity index is 1690. The average Bonchev–Trinajstić information content (AvgIpc) is 3.66. The first-order chi connectivity index (χ1) is 20.4. The topological polar surface area (TPSA) is 151 Å². The SMILES string of the molecule is Nc1cc(C(CCNC23CCC(c4ccccc4)(CC2)[C@@H](O)C3)c2cnn(Cc3cccc(O)c3)c2)c2nn[nH]c2n1. The van der Waals surface area contributed by atoms with Crippen molar-refractivity contribution in [1.82, 2.24) is 35.5 Å². The van der Waals surface area contributed by atoms with Crippen molar-refractivity contribution in [3.8, 4) is 5.75 Å². The number of nitrogens with one attached hydrogen (secondary N) is 2. The molecule has 0 aliphatic heterocycles. The van der Waals surface area contributed by atoms with E-state index in [1.54, 1.807) is 12.1 Å². The van der Waals surface area contributed by atoms with Crippen LogP contribution in [0.4, 0.5) is 5.82 Å². The highest BCUT2D eigenvalue weighted by molar-refractivity contribution is 5.77. The highest BCUT2D eigenvalue weighted by Gasteiger charge is 2.54. The summed E-state index contributed by atoms with van der Waals surface area (Å²) in [6.07, 6.45) is 9.17. The second-order valence-corrected chi connectivity index (χ2v) is 12.1. The third-order valence-electron chi connectivity index (χ3n) is 9.64. The zero-order valence-corrected chi connectivity index (χ0v) is 23.4. The molecule has 5 aromatic rings. The molecule has 42 heavy (non-hydrogen) atoms. The van der Waals surface area contributed by atoms with Crippen LogP contribution in [0.15, 0.2) is 73.1 Å². The monoisotopic (exact) mass is 564 g/mol. The zero-order valence-electron chi connectivity index (χ0n) is 23.4. The van der Waals surface area contributed by atoms with E-state index in [9.17, 15) is 10.2 Å². The maximum absolute atomic E-state index is 11.4. The Kier molecular flexibility index (Phi) is 6.67. The van der Waals surface area contributed by atoms with Gasteiger partial charge in [-0.25, -0.2) is 10.1 Å². The third-order valence-corrected chi connectivity index (χ3v) is 9.64. The number of phenolic OH excluding ortho intramolecular Hbond substituents is 1. The molecule has 3 saturated carbocycles. The molecule has 3 heterocycles. The van der Waals surface area contributed by atoms with Crippen LogP contribution in [-0.2, 0) is 12.0 Å². The second kappa shape index (κ2) is 10.5. The molecular formula is C32H36N8O2. The van der Waals surface area contributed by atoms with Crippen molar-refractivity contribution in [1.29, 1.82) is 0 Å². The third kappa shape index (κ3) is 4.80. The van der Waals surface area contributed by atoms with Crippen LogP contribution < -0.4 is 11.1 Å². The molecule has 2 atom stereocenters. The normalized spacial score (nSPS) is 24.3. The van der Waals surface area contributed by atoms with Gasteiger partial charge in [0.1, 0.15) is 17.1 Å². The lowest BCUT2D eigenvalue weighted by molar-refractivity contribution is -0.0496. The van der Waals surface area contributed by atoms with E-state index in [2.05, 4.69) is 61.3 Å². The molecule has 2 aromatic carbocycles. The van der Waals surface area contributed by atoms with E-state index in [-0.39, 0.29) is 28.7 Å². The Balaban J connectivity index is 1.12. The number of benzene rings is 2. The summed E-state index contributed by atoms with van der Waals surface area (Å²) in [5.74, 6) is 0.595. The smallest absolute Gasteiger partial charge is 0.178 e. The number of aliphatic hydroxyl groups excluding tert-OH is 1. The number of rotatable bonds is 9. The van der Waals surface area contributed by atoms with Crippen molar-refractivity contribution in [2.45, 2.75) is 68.0 Å². The number of H-pyrrole nitrogens is 1. The molecule has 3 aliphatic rings. The van der Waals surface area contributed by atoms with Gasteiger partial charge in [-0.3, -0.25) is 4.68 Å². The number of nitrogens with zero attached hydrogens (tertiary/aromatic N) is 5. The fourth-order valence-corrected chi connectivity index (χ4v) is 7.40. The molecule has 1 unspecified atom stereocenters. The fraction of sp³-hybridized carbons (Fsp3) is 0.375. The van der Waals surface area contributed by atoms with Gasteiger partial charge in [-0.2, -0.15) is 5.10 Å². The van der Waals surface area contributed by atoms with Gasteiger partial charge in [-0.05, 0) is 85.5 Å². The van der Waals surface area contributed by atoms with Gasteiger partial charge in [0.25, 0.3) is 0 Å². The van der Waals surface area contributed by atoms with Gasteiger partial charge in [0.15, 0.2) is 5.65 Å². The summed E-state index contributed by atoms with van der Waals surface area (Å²) in [5.41, 5.74) is 11.5. The first-order valence-electron chi connectivity index (χ1n) is 14.7. The van der Waals surface area contributed by atoms with Crippen LogP contribution in [0.25, 0.3) is 11.2 Å². The van der Waals surface area contributed by atoms with Crippen LogP contribution in [0.2, 0.25) is 0 Å². The van der Waals surface area contributed by atoms with Gasteiger partial charge in [0, 0.05) is 23.1 Å². The number of fused-ring (bicyclic) bond motifs is 4. The number of anilines is 1. The lowest BCUT2D eigenvalue weighted by atomic mass is 9.53. The van der Waals surface area contributed by atoms with Crippen molar-refractivity contribution >= 4 is 17.0 Å². The Morgan fingerprint density at radius 3 is 2.69 bits per heavy atom. The van der Waals surface area contributed by atoms with Crippen molar-refractivity contribution in [2.75, 3.05) is 12.3 Å². The number of pyridine rings is 1. The van der Waals surface area contributed by atoms with E-state index < -0.39 is 0 Å². The standard InChI is InChI=1S/C32H36N8O2/c33-28-16-26(29-30(36-28)38-39-37-29)25(22-18-35-40(20-22)19-21-5-4-8-24(41)15-21)9-14-34-31-10-12-32(13-11-31,27(42)17-31)23-6-2-1-3-7-23/h1-8,15-16,18,20,25,27,34,41-42H,9-14,17,19H2,(H3,33,36,37,38,39)/t25?,27-,31?,32?/m0/s1. The lowest BCUT2D eigenvalue weighted by Crippen LogP contribution is -2.62. The molecule has 0 saturated heterocycles. The Morgan fingerprint density at radius 1 is 1.07 bits per heavy atom. The molecule has 0 spiro atoms. The summed E-state index contributed by atoms with van der Waals surface area (Å²) in [5, 5.41) is 41.0. The number of aromatic hydroxyl groups is 1. The Labute approximate surface area is 244 Å². The quantitative estimate of drug-likeness (QED) is 0.180. The number of aromatic amines is 1. The van der Waals surface area contributed by atoms with Crippen LogP contribution >= 0.6 is 0 Å². The zero-order chi connectivity index (χ0) is 28.7. The van der Waals surface area contributed by atoms with E-state index in [1.165, 1.54) is 5.56 Å². The van der Waals surface area contributed by atoms with Crippen LogP contribution in [0.1, 0.15) is 66.7 Å². The second-order valence-electron chi connectivity index (χ2n) is 12.1. The lowest BCUT2D eigenvalue weighted by Gasteiger charge is -2.57. The average molecular weight is 565 g/mol. The number of aromatic nitrogens is 6. The van der Waals surface area contributed by atoms with Crippen LogP contribution in [-0.4, -0.2) is 58.6 Å². The summed E-state index contributed by atoms with van der Waals surface area (Å²) in [6.45, 7) is 1.30. The van der Waals surface area contributed by atoms with Crippen molar-refractivity contribution in [3.05, 3.63) is 95.3 Å². The molecule has 216 valence electrons. The van der Waals surface area contributed by atoms with Gasteiger partial charge in [0.05, 0.1) is 18.8 Å². The van der Waals surface area contributed by atoms with Crippen LogP contribution in [0, 0.1) is 0 Å². The van der Waals surface area contributed by atoms with Gasteiger partial charge in [-0.1, -0.05) is 47.7 Å². The molecule has 2 bridgehead atoms. The van der Waals surface area contributed by atoms with Gasteiger partial charge < -0.3 is 21.3 Å². The molecular weight excluding hydrogens is 528 g/mol. The molecule has 10 nitrogen and oxygen atoms in total. The van der Waals surface area contributed by atoms with Gasteiger partial charge in [-0.15, -0.1) is 5.10 Å². The molecule has 3 aliphatic carbocycles. The number of hydrogen-bond acceptors (Lipinski definition) is 8. The highest BCUT2D eigenvalue weighted by Crippen LogP contribution is 2.53. The van der Waals surface area contributed by atoms with Gasteiger partial charge >= 0.3 is 0 Å². The van der Waals surface area contributed by atoms with E-state index in [1.807, 2.05) is 35.1 Å². The molecule has 3 aromatic heterocycles. The fourth-order valence-electron chi connectivity index (χ4n) is 7.40. The van der Waals surface area contributed by atoms with E-state index >= 15 is 0 Å². The summed E-state index contributed by atoms with van der Waals surface area (Å²) >= 11 is 0. The van der Waals surface area contributed by atoms with Crippen molar-refractivity contribution in [2.24, 2.45) is 0 Å². The molecule has 10 heteroatoms. The summed E-state index contributed by atoms with van der Waals surface area (Å²) < 4.78 is 1.88. The molecule has 8 rings (SSSR count). The number of nitrogens with two attached hydrogens (primary N) is 1. The van der Waals surface area contributed by atoms with E-state index in [0.29, 0.717) is 23.5 Å². The number of hydrogen-bond donors (Lipinski definition) is 5. The van der Waals surface area contributed by atoms with Crippen LogP contribution in [0.5, 0.6) is 5.75 Å². The Morgan fingerprint density at radius 2 is 1.90 bits per heavy atom. The summed E-state index contributed by atoms with van der Waals surface area (Å²) in [7, 11) is 0. The van der Waals surface area contributed by atoms with Crippen molar-refractivity contribution in [3.63, 3.8) is 0 Å². The summed E-state index contributed by atoms with van der Waals surface area (Å²) in [6, 6.07) is 19.7. The van der Waals surface area contributed by atoms with Crippen LogP contribution in [0.3, 0.4) is 0 Å². The van der Waals surface area contributed by atoms with Crippen molar-refractivity contribution < 1.29 is 10.2 Å². The number of aliphatic hydroxyl groups is 1. The maximum atomic E-state index is 11.4. The maximum Gasteiger partial charge on any atom is 0.178 e. The highest BCUT2D eigenvalue weighted by atomic mass is 16.3. The molecule has 0 radical (unpaired) electrons. The molecule has 6 N–H and O–H groups in total. The predicted octanol–water partition coefficient (Wildman–Crippen LogP) is 4.01. The summed E-state index contributed by atoms with van der Waals surface area (Å²) in [4.78, 5) is 4.37. The first kappa shape index (κ1) is 26.6. The predicted molar refractivity (Wildman–Crippen MR) is 160 cm³/mol. The number of phenols is 1. The number of nitrogen functional groups attached to an aromatic ring is 1. The minimum atomic E-state index is -0.365. The van der Waals surface area contributed by atoms with Gasteiger partial charge in [0.2, 0.25) is 0 Å². The minimum absolute atomic E-state index is 0.0507. The largest absolute Gasteiger partial charge is 0.508 e. The van der Waals surface area contributed by atoms with E-state index in [0.717, 1.165) is 61.8 Å². The first-order valence-corrected chi connectivity index (χ1v) is 14.7.